The topological polar surface area (TPSA) is 47.2 Å². The molecule has 0 saturated heterocycles. The highest BCUT2D eigenvalue weighted by molar-refractivity contribution is 8.00. The summed E-state index contributed by atoms with van der Waals surface area (Å²) in [4.78, 5) is 12.1. The predicted octanol–water partition coefficient (Wildman–Crippen LogP) is 3.53. The maximum atomic E-state index is 13.1. The van der Waals surface area contributed by atoms with Crippen LogP contribution >= 0.6 is 11.9 Å². The minimum absolute atomic E-state index is 0.312. The first-order chi connectivity index (χ1) is 10.0. The smallest absolute Gasteiger partial charge is 0.408 e. The van der Waals surface area contributed by atoms with E-state index in [4.69, 9.17) is 4.42 Å². The first kappa shape index (κ1) is 13.7. The number of oxazole rings is 1. The molecule has 4 nitrogen and oxygen atoms in total. The molecule has 0 unspecified atom stereocenters. The van der Waals surface area contributed by atoms with E-state index in [1.807, 2.05) is 0 Å². The van der Waals surface area contributed by atoms with Gasteiger partial charge >= 0.3 is 5.76 Å². The molecule has 7 heteroatoms. The Hall–Kier alpha value is -2.28. The van der Waals surface area contributed by atoms with Crippen molar-refractivity contribution >= 4 is 28.7 Å². The summed E-state index contributed by atoms with van der Waals surface area (Å²) in [7, 11) is 1.62. The van der Waals surface area contributed by atoms with Crippen LogP contribution < -0.4 is 10.5 Å². The second-order valence-electron chi connectivity index (χ2n) is 4.42. The highest BCUT2D eigenvalue weighted by atomic mass is 32.2. The lowest BCUT2D eigenvalue weighted by Gasteiger charge is -2.05. The maximum absolute atomic E-state index is 13.1. The van der Waals surface area contributed by atoms with E-state index in [0.717, 1.165) is 11.0 Å². The summed E-state index contributed by atoms with van der Waals surface area (Å²) in [5, 5.41) is 0. The molecule has 1 aromatic heterocycles. The van der Waals surface area contributed by atoms with E-state index in [2.05, 4.69) is 4.72 Å². The quantitative estimate of drug-likeness (QED) is 0.752. The first-order valence-corrected chi connectivity index (χ1v) is 6.83. The Kier molecular flexibility index (Phi) is 3.42. The molecule has 0 radical (unpaired) electrons. The minimum atomic E-state index is -0.650. The van der Waals surface area contributed by atoms with Crippen molar-refractivity contribution in [1.29, 1.82) is 0 Å². The van der Waals surface area contributed by atoms with Crippen molar-refractivity contribution in [2.24, 2.45) is 7.05 Å². The van der Waals surface area contributed by atoms with Crippen LogP contribution in [0.5, 0.6) is 0 Å². The van der Waals surface area contributed by atoms with E-state index in [1.54, 1.807) is 25.2 Å². The fraction of sp³-hybridized carbons (Fsp3) is 0.0714. The number of fused-ring (bicyclic) bond motifs is 1. The normalized spacial score (nSPS) is 11.0. The summed E-state index contributed by atoms with van der Waals surface area (Å²) in [6, 6.07) is 8.40. The highest BCUT2D eigenvalue weighted by Crippen LogP contribution is 2.25. The number of halogens is 2. The number of nitrogens with one attached hydrogen (secondary N) is 1. The Balaban J connectivity index is 1.83. The van der Waals surface area contributed by atoms with Gasteiger partial charge in [-0.1, -0.05) is 0 Å². The summed E-state index contributed by atoms with van der Waals surface area (Å²) < 4.78 is 35.5. The van der Waals surface area contributed by atoms with Crippen LogP contribution in [-0.2, 0) is 7.05 Å². The number of benzene rings is 2. The van der Waals surface area contributed by atoms with E-state index in [0.29, 0.717) is 16.8 Å². The number of hydrogen-bond donors (Lipinski definition) is 1. The van der Waals surface area contributed by atoms with Crippen LogP contribution in [0.4, 0.5) is 14.5 Å². The van der Waals surface area contributed by atoms with Crippen LogP contribution in [0.15, 0.2) is 50.5 Å². The van der Waals surface area contributed by atoms with Gasteiger partial charge in [-0.2, -0.15) is 0 Å². The summed E-state index contributed by atoms with van der Waals surface area (Å²) >= 11 is 1.17. The van der Waals surface area contributed by atoms with Crippen LogP contribution in [-0.4, -0.2) is 4.57 Å². The molecule has 0 bridgehead atoms. The summed E-state index contributed by atoms with van der Waals surface area (Å²) in [6.45, 7) is 0. The van der Waals surface area contributed by atoms with Gasteiger partial charge in [-0.05, 0) is 42.3 Å². The van der Waals surface area contributed by atoms with E-state index < -0.39 is 17.4 Å². The van der Waals surface area contributed by atoms with Crippen molar-refractivity contribution < 1.29 is 13.2 Å². The predicted molar refractivity (Wildman–Crippen MR) is 77.3 cm³/mol. The molecule has 0 saturated carbocycles. The molecule has 0 amide bonds. The highest BCUT2D eigenvalue weighted by Gasteiger charge is 2.07. The number of hydrogen-bond acceptors (Lipinski definition) is 4. The van der Waals surface area contributed by atoms with Gasteiger partial charge in [0.1, 0.15) is 11.6 Å². The Morgan fingerprint density at radius 1 is 1.14 bits per heavy atom. The molecule has 108 valence electrons. The monoisotopic (exact) mass is 308 g/mol. The minimum Gasteiger partial charge on any atom is -0.408 e. The molecule has 0 aliphatic rings. The third kappa shape index (κ3) is 2.78. The zero-order valence-electron chi connectivity index (χ0n) is 10.9. The zero-order chi connectivity index (χ0) is 15.0. The van der Waals surface area contributed by atoms with Gasteiger partial charge in [-0.25, -0.2) is 13.6 Å². The molecule has 0 atom stereocenters. The molecule has 3 aromatic rings. The molecule has 1 heterocycles. The van der Waals surface area contributed by atoms with Gasteiger partial charge in [0.15, 0.2) is 5.58 Å². The van der Waals surface area contributed by atoms with Crippen molar-refractivity contribution in [1.82, 2.24) is 4.57 Å². The second-order valence-corrected chi connectivity index (χ2v) is 5.30. The van der Waals surface area contributed by atoms with Gasteiger partial charge < -0.3 is 9.14 Å². The van der Waals surface area contributed by atoms with Crippen molar-refractivity contribution in [3.05, 3.63) is 58.6 Å². The lowest BCUT2D eigenvalue weighted by Crippen LogP contribution is -2.08. The Bertz CT molecular complexity index is 853. The summed E-state index contributed by atoms with van der Waals surface area (Å²) in [5.74, 6) is -1.74. The Labute approximate surface area is 122 Å². The van der Waals surface area contributed by atoms with E-state index >= 15 is 0 Å². The molecular formula is C14H10F2N2O2S. The zero-order valence-corrected chi connectivity index (χ0v) is 11.7. The number of anilines is 1. The number of rotatable bonds is 3. The largest absolute Gasteiger partial charge is 0.419 e. The molecule has 2 aromatic carbocycles. The van der Waals surface area contributed by atoms with Gasteiger partial charge in [0, 0.05) is 18.0 Å². The average Bonchev–Trinajstić information content (AvgIpc) is 2.70. The van der Waals surface area contributed by atoms with Gasteiger partial charge in [0.2, 0.25) is 0 Å². The lowest BCUT2D eigenvalue weighted by atomic mass is 10.3. The van der Waals surface area contributed by atoms with Crippen molar-refractivity contribution in [2.45, 2.75) is 4.90 Å². The Morgan fingerprint density at radius 3 is 2.57 bits per heavy atom. The van der Waals surface area contributed by atoms with Gasteiger partial charge in [-0.3, -0.25) is 4.57 Å². The second kappa shape index (κ2) is 5.25. The number of nitrogens with zero attached hydrogens (tertiary/aromatic N) is 1. The van der Waals surface area contributed by atoms with E-state index in [9.17, 15) is 13.6 Å². The van der Waals surface area contributed by atoms with Crippen LogP contribution in [0.3, 0.4) is 0 Å². The lowest BCUT2D eigenvalue weighted by molar-refractivity contribution is 0.527. The van der Waals surface area contributed by atoms with Crippen molar-refractivity contribution in [3.63, 3.8) is 0 Å². The molecule has 0 aliphatic heterocycles. The third-order valence-corrected chi connectivity index (χ3v) is 3.74. The van der Waals surface area contributed by atoms with E-state index in [-0.39, 0.29) is 0 Å². The third-order valence-electron chi connectivity index (χ3n) is 2.91. The molecule has 1 N–H and O–H groups in total. The van der Waals surface area contributed by atoms with Gasteiger partial charge in [0.05, 0.1) is 11.2 Å². The first-order valence-electron chi connectivity index (χ1n) is 6.01. The summed E-state index contributed by atoms with van der Waals surface area (Å²) in [5.41, 5.74) is 1.45. The van der Waals surface area contributed by atoms with Crippen LogP contribution in [0.1, 0.15) is 0 Å². The summed E-state index contributed by atoms with van der Waals surface area (Å²) in [6.07, 6.45) is 0. The molecule has 3 rings (SSSR count). The Morgan fingerprint density at radius 2 is 1.86 bits per heavy atom. The number of aryl methyl sites for hydroxylation is 1. The average molecular weight is 308 g/mol. The molecule has 0 spiro atoms. The van der Waals surface area contributed by atoms with Gasteiger partial charge in [-0.15, -0.1) is 0 Å². The van der Waals surface area contributed by atoms with Crippen molar-refractivity contribution in [3.8, 4) is 0 Å². The molecule has 21 heavy (non-hydrogen) atoms. The van der Waals surface area contributed by atoms with Crippen LogP contribution in [0.25, 0.3) is 11.1 Å². The molecule has 0 fully saturated rings. The standard InChI is InChI=1S/C14H10F2N2O2S/c1-18-12-3-2-11(7-13(12)20-14(18)19)21-17-10-5-8(15)4-9(16)6-10/h2-7,17H,1H3. The maximum Gasteiger partial charge on any atom is 0.419 e. The SMILES string of the molecule is Cn1c(=O)oc2cc(SNc3cc(F)cc(F)c3)ccc21. The van der Waals surface area contributed by atoms with Crippen LogP contribution in [0.2, 0.25) is 0 Å². The van der Waals surface area contributed by atoms with Gasteiger partial charge in [0.25, 0.3) is 0 Å². The van der Waals surface area contributed by atoms with E-state index in [1.165, 1.54) is 28.6 Å². The molecule has 0 aliphatic carbocycles. The number of aromatic nitrogens is 1. The molecular weight excluding hydrogens is 298 g/mol. The fourth-order valence-corrected chi connectivity index (χ4v) is 2.56. The van der Waals surface area contributed by atoms with Crippen molar-refractivity contribution in [2.75, 3.05) is 4.72 Å². The van der Waals surface area contributed by atoms with Crippen LogP contribution in [0, 0.1) is 11.6 Å². The fourth-order valence-electron chi connectivity index (χ4n) is 1.91.